The number of nitrogens with one attached hydrogen (secondary N) is 2. The van der Waals surface area contributed by atoms with Crippen molar-refractivity contribution in [3.63, 3.8) is 0 Å². The average Bonchev–Trinajstić information content (AvgIpc) is 2.79. The Labute approximate surface area is 99.2 Å². The van der Waals surface area contributed by atoms with Gasteiger partial charge in [-0.1, -0.05) is 20.8 Å². The van der Waals surface area contributed by atoms with Crippen molar-refractivity contribution in [3.8, 4) is 0 Å². The molecule has 0 amide bonds. The van der Waals surface area contributed by atoms with Crippen molar-refractivity contribution < 1.29 is 8.42 Å². The minimum absolute atomic E-state index is 0.229. The SMILES string of the molecule is CCNCCCS(=O)(=O)NCC1CC1(C)C. The van der Waals surface area contributed by atoms with Gasteiger partial charge in [-0.3, -0.25) is 0 Å². The first-order valence-corrected chi connectivity index (χ1v) is 7.70. The molecule has 1 saturated carbocycles. The lowest BCUT2D eigenvalue weighted by atomic mass is 10.1. The van der Waals surface area contributed by atoms with Crippen LogP contribution in [0.5, 0.6) is 0 Å². The molecule has 0 heterocycles. The molecule has 0 aromatic heterocycles. The van der Waals surface area contributed by atoms with Crippen LogP contribution < -0.4 is 10.0 Å². The van der Waals surface area contributed by atoms with Crippen LogP contribution in [0, 0.1) is 11.3 Å². The summed E-state index contributed by atoms with van der Waals surface area (Å²) in [4.78, 5) is 0. The van der Waals surface area contributed by atoms with Crippen LogP contribution in [-0.4, -0.2) is 33.8 Å². The van der Waals surface area contributed by atoms with E-state index in [9.17, 15) is 8.42 Å². The average molecular weight is 248 g/mol. The summed E-state index contributed by atoms with van der Waals surface area (Å²) in [5.74, 6) is 0.753. The van der Waals surface area contributed by atoms with Crippen molar-refractivity contribution >= 4 is 10.0 Å². The standard InChI is InChI=1S/C11H24N2O2S/c1-4-12-6-5-7-16(14,15)13-9-10-8-11(10,2)3/h10,12-13H,4-9H2,1-3H3. The Balaban J connectivity index is 2.14. The van der Waals surface area contributed by atoms with Crippen LogP contribution in [0.1, 0.15) is 33.6 Å². The number of sulfonamides is 1. The van der Waals surface area contributed by atoms with E-state index >= 15 is 0 Å². The van der Waals surface area contributed by atoms with Crippen molar-refractivity contribution in [3.05, 3.63) is 0 Å². The van der Waals surface area contributed by atoms with E-state index in [0.717, 1.165) is 19.5 Å². The van der Waals surface area contributed by atoms with Crippen molar-refractivity contribution in [2.24, 2.45) is 11.3 Å². The predicted octanol–water partition coefficient (Wildman–Crippen LogP) is 0.952. The van der Waals surface area contributed by atoms with Crippen molar-refractivity contribution in [1.29, 1.82) is 0 Å². The second-order valence-electron chi connectivity index (χ2n) is 5.26. The third-order valence-electron chi connectivity index (χ3n) is 3.28. The highest BCUT2D eigenvalue weighted by Gasteiger charge is 2.45. The molecule has 0 spiro atoms. The lowest BCUT2D eigenvalue weighted by Crippen LogP contribution is -2.30. The van der Waals surface area contributed by atoms with Crippen LogP contribution in [0.4, 0.5) is 0 Å². The molecule has 0 aromatic carbocycles. The van der Waals surface area contributed by atoms with Crippen molar-refractivity contribution in [2.75, 3.05) is 25.4 Å². The molecule has 1 fully saturated rings. The van der Waals surface area contributed by atoms with Crippen molar-refractivity contribution in [1.82, 2.24) is 10.0 Å². The molecule has 96 valence electrons. The van der Waals surface area contributed by atoms with Crippen molar-refractivity contribution in [2.45, 2.75) is 33.6 Å². The third-order valence-corrected chi connectivity index (χ3v) is 4.72. The number of hydrogen-bond acceptors (Lipinski definition) is 3. The quantitative estimate of drug-likeness (QED) is 0.629. The molecule has 1 aliphatic carbocycles. The molecule has 0 aliphatic heterocycles. The Morgan fingerprint density at radius 1 is 1.38 bits per heavy atom. The molecule has 0 saturated heterocycles. The Kier molecular flexibility index (Phi) is 4.76. The second kappa shape index (κ2) is 5.47. The van der Waals surface area contributed by atoms with Crippen LogP contribution >= 0.6 is 0 Å². The summed E-state index contributed by atoms with van der Waals surface area (Å²) in [6.45, 7) is 8.64. The number of hydrogen-bond donors (Lipinski definition) is 2. The fourth-order valence-corrected chi connectivity index (χ4v) is 2.91. The van der Waals surface area contributed by atoms with Gasteiger partial charge in [0.1, 0.15) is 0 Å². The van der Waals surface area contributed by atoms with Gasteiger partial charge >= 0.3 is 0 Å². The lowest BCUT2D eigenvalue weighted by molar-refractivity contribution is 0.536. The van der Waals surface area contributed by atoms with Crippen LogP contribution in [-0.2, 0) is 10.0 Å². The summed E-state index contributed by atoms with van der Waals surface area (Å²) in [5, 5.41) is 3.12. The molecule has 1 rings (SSSR count). The smallest absolute Gasteiger partial charge is 0.211 e. The Hall–Kier alpha value is -0.130. The third kappa shape index (κ3) is 4.80. The van der Waals surface area contributed by atoms with Gasteiger partial charge in [0.2, 0.25) is 10.0 Å². The lowest BCUT2D eigenvalue weighted by Gasteiger charge is -2.07. The normalized spacial score (nSPS) is 23.3. The van der Waals surface area contributed by atoms with Gasteiger partial charge in [0.15, 0.2) is 0 Å². The van der Waals surface area contributed by atoms with Crippen LogP contribution in [0.25, 0.3) is 0 Å². The summed E-state index contributed by atoms with van der Waals surface area (Å²) >= 11 is 0. The van der Waals surface area contributed by atoms with Gasteiger partial charge in [-0.05, 0) is 37.3 Å². The number of rotatable bonds is 8. The Morgan fingerprint density at radius 3 is 2.50 bits per heavy atom. The molecule has 1 aliphatic rings. The zero-order valence-electron chi connectivity index (χ0n) is 10.5. The van der Waals surface area contributed by atoms with Gasteiger partial charge in [-0.2, -0.15) is 0 Å². The molecule has 0 aromatic rings. The van der Waals surface area contributed by atoms with Crippen LogP contribution in [0.15, 0.2) is 0 Å². The molecule has 0 bridgehead atoms. The zero-order chi connectivity index (χ0) is 12.2. The van der Waals surface area contributed by atoms with E-state index in [4.69, 9.17) is 0 Å². The molecular weight excluding hydrogens is 224 g/mol. The fraction of sp³-hybridized carbons (Fsp3) is 1.00. The zero-order valence-corrected chi connectivity index (χ0v) is 11.4. The molecule has 0 radical (unpaired) electrons. The summed E-state index contributed by atoms with van der Waals surface area (Å²) in [6.07, 6.45) is 1.81. The van der Waals surface area contributed by atoms with Crippen LogP contribution in [0.3, 0.4) is 0 Å². The minimum atomic E-state index is -3.06. The highest BCUT2D eigenvalue weighted by atomic mass is 32.2. The first-order chi connectivity index (χ1) is 7.37. The van der Waals surface area contributed by atoms with E-state index in [2.05, 4.69) is 23.9 Å². The predicted molar refractivity (Wildman–Crippen MR) is 66.8 cm³/mol. The Bertz CT molecular complexity index is 312. The summed E-state index contributed by atoms with van der Waals surface area (Å²) in [6, 6.07) is 0. The molecule has 4 nitrogen and oxygen atoms in total. The molecule has 2 N–H and O–H groups in total. The summed E-state index contributed by atoms with van der Waals surface area (Å²) < 4.78 is 25.9. The fourth-order valence-electron chi connectivity index (χ4n) is 1.79. The highest BCUT2D eigenvalue weighted by Crippen LogP contribution is 2.51. The first kappa shape index (κ1) is 13.9. The van der Waals surface area contributed by atoms with Gasteiger partial charge in [-0.25, -0.2) is 13.1 Å². The van der Waals surface area contributed by atoms with Gasteiger partial charge < -0.3 is 5.32 Å². The monoisotopic (exact) mass is 248 g/mol. The minimum Gasteiger partial charge on any atom is -0.317 e. The van der Waals surface area contributed by atoms with E-state index in [1.54, 1.807) is 0 Å². The maximum Gasteiger partial charge on any atom is 0.211 e. The van der Waals surface area contributed by atoms with Gasteiger partial charge in [0.05, 0.1) is 5.75 Å². The van der Waals surface area contributed by atoms with E-state index in [0.29, 0.717) is 24.3 Å². The van der Waals surface area contributed by atoms with Gasteiger partial charge in [0, 0.05) is 6.54 Å². The van der Waals surface area contributed by atoms with E-state index in [-0.39, 0.29) is 5.75 Å². The summed E-state index contributed by atoms with van der Waals surface area (Å²) in [5.41, 5.74) is 0.340. The molecule has 1 unspecified atom stereocenters. The largest absolute Gasteiger partial charge is 0.317 e. The second-order valence-corrected chi connectivity index (χ2v) is 7.19. The summed E-state index contributed by atoms with van der Waals surface area (Å²) in [7, 11) is -3.06. The van der Waals surface area contributed by atoms with Gasteiger partial charge in [-0.15, -0.1) is 0 Å². The van der Waals surface area contributed by atoms with Gasteiger partial charge in [0.25, 0.3) is 0 Å². The molecule has 16 heavy (non-hydrogen) atoms. The highest BCUT2D eigenvalue weighted by molar-refractivity contribution is 7.89. The first-order valence-electron chi connectivity index (χ1n) is 6.05. The maximum atomic E-state index is 11.6. The van der Waals surface area contributed by atoms with Crippen LogP contribution in [0.2, 0.25) is 0 Å². The molecule has 1 atom stereocenters. The molecule has 5 heteroatoms. The molecular formula is C11H24N2O2S. The van der Waals surface area contributed by atoms with E-state index < -0.39 is 10.0 Å². The maximum absolute atomic E-state index is 11.6. The van der Waals surface area contributed by atoms with E-state index in [1.807, 2.05) is 6.92 Å². The Morgan fingerprint density at radius 2 is 2.00 bits per heavy atom. The topological polar surface area (TPSA) is 58.2 Å². The van der Waals surface area contributed by atoms with E-state index in [1.165, 1.54) is 0 Å².